The van der Waals surface area contributed by atoms with Crippen LogP contribution < -0.4 is 26.4 Å². The van der Waals surface area contributed by atoms with Gasteiger partial charge in [0.25, 0.3) is 6.20 Å². The molecule has 0 saturated heterocycles. The van der Waals surface area contributed by atoms with E-state index in [-0.39, 0.29) is 36.1 Å². The number of aromatic nitrogens is 2. The number of carbonyl (C=O) groups excluding carboxylic acids is 3. The Balaban J connectivity index is 1.38. The molecule has 1 aliphatic rings. The molecule has 0 atom stereocenters. The monoisotopic (exact) mass is 602 g/mol. The molecule has 0 bridgehead atoms. The molecular weight excluding hydrogens is 567 g/mol. The number of benzene rings is 2. The highest BCUT2D eigenvalue weighted by Crippen LogP contribution is 2.34. The van der Waals surface area contributed by atoms with Crippen LogP contribution >= 0.6 is 0 Å². The van der Waals surface area contributed by atoms with Gasteiger partial charge in [-0.1, -0.05) is 24.3 Å². The van der Waals surface area contributed by atoms with Crippen LogP contribution in [0.2, 0.25) is 0 Å². The number of amides is 4. The standard InChI is InChI=1S/C29H34F3N7O4/c1-38(2)16-18-6-8-24(9-7-18)39-17-27(43-37-39)36-28(42)35-23-14-21(29(30,31)32)13-22(15-23)34-26(41)12-20-5-3-4-19(10-20)11-25(33)40/h3-5,10,13-15,17-18,24H,6-9,11-12,16H2,1-2H3,(H4-,33,34,35,36,37,40,41,42)/p+1. The Labute approximate surface area is 246 Å². The summed E-state index contributed by atoms with van der Waals surface area (Å²) < 4.78 is 47.8. The minimum atomic E-state index is -4.74. The van der Waals surface area contributed by atoms with E-state index in [2.05, 4.69) is 40.2 Å². The molecule has 1 heterocycles. The third kappa shape index (κ3) is 9.53. The lowest BCUT2D eigenvalue weighted by Crippen LogP contribution is -2.43. The molecule has 3 aromatic rings. The summed E-state index contributed by atoms with van der Waals surface area (Å²) in [6.07, 6.45) is 0.564. The molecule has 43 heavy (non-hydrogen) atoms. The van der Waals surface area contributed by atoms with E-state index in [9.17, 15) is 27.6 Å². The highest BCUT2D eigenvalue weighted by atomic mass is 19.4. The molecule has 0 unspecified atom stereocenters. The number of nitrogens with zero attached hydrogens (tertiary/aromatic N) is 3. The number of carbonyl (C=O) groups is 3. The maximum absolute atomic E-state index is 13.6. The third-order valence-electron chi connectivity index (χ3n) is 7.07. The maximum atomic E-state index is 13.6. The fourth-order valence-corrected chi connectivity index (χ4v) is 5.25. The number of primary amides is 1. The Bertz CT molecular complexity index is 1450. The predicted octanol–water partition coefficient (Wildman–Crippen LogP) is 4.13. The summed E-state index contributed by atoms with van der Waals surface area (Å²) in [5.41, 5.74) is 4.95. The van der Waals surface area contributed by atoms with Crippen molar-refractivity contribution in [2.45, 2.75) is 50.7 Å². The van der Waals surface area contributed by atoms with Gasteiger partial charge in [-0.3, -0.25) is 19.4 Å². The molecule has 5 N–H and O–H groups in total. The number of alkyl halides is 3. The zero-order valence-electron chi connectivity index (χ0n) is 23.9. The van der Waals surface area contributed by atoms with Crippen molar-refractivity contribution in [1.82, 2.24) is 10.2 Å². The zero-order valence-corrected chi connectivity index (χ0v) is 23.9. The third-order valence-corrected chi connectivity index (χ3v) is 7.07. The van der Waals surface area contributed by atoms with E-state index in [1.807, 2.05) is 0 Å². The van der Waals surface area contributed by atoms with Crippen molar-refractivity contribution < 1.29 is 36.8 Å². The minimum absolute atomic E-state index is 0.00764. The van der Waals surface area contributed by atoms with E-state index in [4.69, 9.17) is 10.3 Å². The zero-order chi connectivity index (χ0) is 31.1. The summed E-state index contributed by atoms with van der Waals surface area (Å²) in [6, 6.07) is 8.63. The number of nitrogens with two attached hydrogens (primary N) is 1. The van der Waals surface area contributed by atoms with Gasteiger partial charge in [0.1, 0.15) is 0 Å². The van der Waals surface area contributed by atoms with Crippen molar-refractivity contribution in [3.05, 3.63) is 65.4 Å². The van der Waals surface area contributed by atoms with Gasteiger partial charge in [-0.15, -0.1) is 0 Å². The van der Waals surface area contributed by atoms with Crippen LogP contribution in [0.1, 0.15) is 48.4 Å². The topological polar surface area (TPSA) is 146 Å². The summed E-state index contributed by atoms with van der Waals surface area (Å²) >= 11 is 0. The Morgan fingerprint density at radius 2 is 1.63 bits per heavy atom. The van der Waals surface area contributed by atoms with E-state index < -0.39 is 29.6 Å². The maximum Gasteiger partial charge on any atom is 0.416 e. The summed E-state index contributed by atoms with van der Waals surface area (Å²) in [6.45, 7) is 1.02. The van der Waals surface area contributed by atoms with E-state index in [0.29, 0.717) is 17.0 Å². The van der Waals surface area contributed by atoms with Crippen LogP contribution in [0.3, 0.4) is 0 Å². The fraction of sp³-hybridized carbons (Fsp3) is 0.414. The van der Waals surface area contributed by atoms with Crippen LogP contribution in [0.4, 0.5) is 35.2 Å². The van der Waals surface area contributed by atoms with Gasteiger partial charge in [0.2, 0.25) is 17.1 Å². The molecule has 4 amide bonds. The lowest BCUT2D eigenvalue weighted by molar-refractivity contribution is -0.787. The van der Waals surface area contributed by atoms with Gasteiger partial charge in [-0.2, -0.15) is 13.2 Å². The van der Waals surface area contributed by atoms with Crippen LogP contribution in [-0.4, -0.2) is 48.7 Å². The van der Waals surface area contributed by atoms with Gasteiger partial charge in [0, 0.05) is 30.8 Å². The molecule has 0 aliphatic heterocycles. The van der Waals surface area contributed by atoms with Gasteiger partial charge in [0.15, 0.2) is 6.04 Å². The first-order chi connectivity index (χ1) is 20.3. The van der Waals surface area contributed by atoms with Crippen molar-refractivity contribution in [3.8, 4) is 0 Å². The molecule has 1 fully saturated rings. The van der Waals surface area contributed by atoms with E-state index in [0.717, 1.165) is 44.4 Å². The van der Waals surface area contributed by atoms with Crippen molar-refractivity contribution in [2.24, 2.45) is 11.7 Å². The van der Waals surface area contributed by atoms with Crippen molar-refractivity contribution in [2.75, 3.05) is 36.6 Å². The first-order valence-corrected chi connectivity index (χ1v) is 13.8. The highest BCUT2D eigenvalue weighted by Gasteiger charge is 2.32. The van der Waals surface area contributed by atoms with Crippen LogP contribution in [0.15, 0.2) is 53.2 Å². The molecular formula is C29H35F3N7O4+. The van der Waals surface area contributed by atoms with Gasteiger partial charge < -0.3 is 21.3 Å². The molecule has 0 radical (unpaired) electrons. The number of nitrogens with one attached hydrogen (secondary N) is 3. The first kappa shape index (κ1) is 31.5. The predicted molar refractivity (Wildman–Crippen MR) is 152 cm³/mol. The summed E-state index contributed by atoms with van der Waals surface area (Å²) in [7, 11) is 4.10. The quantitative estimate of drug-likeness (QED) is 0.257. The van der Waals surface area contributed by atoms with Crippen LogP contribution in [0, 0.1) is 5.92 Å². The molecule has 14 heteroatoms. The molecule has 2 aromatic carbocycles. The number of anilines is 3. The summed E-state index contributed by atoms with van der Waals surface area (Å²) in [4.78, 5) is 38.6. The normalized spacial score (nSPS) is 17.0. The summed E-state index contributed by atoms with van der Waals surface area (Å²) in [5.74, 6) is -0.473. The highest BCUT2D eigenvalue weighted by molar-refractivity contribution is 6.00. The number of hydrogen-bond donors (Lipinski definition) is 4. The van der Waals surface area contributed by atoms with E-state index >= 15 is 0 Å². The number of urea groups is 1. The van der Waals surface area contributed by atoms with Crippen molar-refractivity contribution >= 4 is 35.1 Å². The largest absolute Gasteiger partial charge is 0.416 e. The van der Waals surface area contributed by atoms with Gasteiger partial charge in [-0.05, 0) is 66.9 Å². The molecule has 0 spiro atoms. The second kappa shape index (κ2) is 13.7. The molecule has 11 nitrogen and oxygen atoms in total. The Morgan fingerprint density at radius 1 is 0.977 bits per heavy atom. The summed E-state index contributed by atoms with van der Waals surface area (Å²) in [5, 5.41) is 11.2. The Hall–Kier alpha value is -4.46. The van der Waals surface area contributed by atoms with E-state index in [1.54, 1.807) is 35.1 Å². The molecule has 1 aromatic heterocycles. The fourth-order valence-electron chi connectivity index (χ4n) is 5.25. The van der Waals surface area contributed by atoms with E-state index in [1.165, 1.54) is 6.07 Å². The first-order valence-electron chi connectivity index (χ1n) is 13.8. The lowest BCUT2D eigenvalue weighted by atomic mass is 9.86. The van der Waals surface area contributed by atoms with Gasteiger partial charge in [-0.25, -0.2) is 4.79 Å². The number of halogens is 3. The molecule has 1 aliphatic carbocycles. The van der Waals surface area contributed by atoms with Crippen molar-refractivity contribution in [3.63, 3.8) is 0 Å². The van der Waals surface area contributed by atoms with Gasteiger partial charge in [0.05, 0.1) is 18.4 Å². The van der Waals surface area contributed by atoms with Crippen LogP contribution in [0.5, 0.6) is 0 Å². The SMILES string of the molecule is CN(C)CC1CCC([n+]2cc(NC(=O)Nc3cc(NC(=O)Cc4cccc(CC(N)=O)c4)cc(C(F)(F)F)c3)on2)CC1. The van der Waals surface area contributed by atoms with Crippen LogP contribution in [-0.2, 0) is 28.6 Å². The Kier molecular flexibility index (Phi) is 10.0. The number of rotatable bonds is 10. The molecule has 1 saturated carbocycles. The number of hydrogen-bond acceptors (Lipinski definition) is 6. The second-order valence-electron chi connectivity index (χ2n) is 11.0. The van der Waals surface area contributed by atoms with Gasteiger partial charge >= 0.3 is 18.1 Å². The molecule has 4 rings (SSSR count). The lowest BCUT2D eigenvalue weighted by Gasteiger charge is -2.26. The second-order valence-corrected chi connectivity index (χ2v) is 11.0. The average molecular weight is 603 g/mol. The minimum Gasteiger partial charge on any atom is -0.369 e. The Morgan fingerprint density at radius 3 is 2.26 bits per heavy atom. The smallest absolute Gasteiger partial charge is 0.369 e. The average Bonchev–Trinajstić information content (AvgIpc) is 3.36. The van der Waals surface area contributed by atoms with Crippen molar-refractivity contribution in [1.29, 1.82) is 0 Å². The van der Waals surface area contributed by atoms with Crippen LogP contribution in [0.25, 0.3) is 0 Å². The molecule has 230 valence electrons.